The van der Waals surface area contributed by atoms with Crippen LogP contribution < -0.4 is 4.74 Å². The Kier molecular flexibility index (Phi) is 4.62. The van der Waals surface area contributed by atoms with Gasteiger partial charge in [-0.15, -0.1) is 11.8 Å². The molecule has 0 aromatic heterocycles. The molecule has 2 rings (SSSR count). The molecular weight excluding hydrogens is 294 g/mol. The van der Waals surface area contributed by atoms with Crippen molar-refractivity contribution < 1.29 is 24.5 Å². The van der Waals surface area contributed by atoms with Crippen LogP contribution in [0.2, 0.25) is 0 Å². The molecule has 2 N–H and O–H groups in total. The first-order valence-electron chi connectivity index (χ1n) is 6.53. The minimum absolute atomic E-state index is 0.0570. The summed E-state index contributed by atoms with van der Waals surface area (Å²) in [6.07, 6.45) is 0.644. The highest BCUT2D eigenvalue weighted by atomic mass is 32.2. The number of rotatable bonds is 4. The van der Waals surface area contributed by atoms with Gasteiger partial charge in [0, 0.05) is 5.75 Å². The Morgan fingerprint density at radius 2 is 2.19 bits per heavy atom. The van der Waals surface area contributed by atoms with Crippen LogP contribution in [0.1, 0.15) is 23.7 Å². The molecule has 0 spiro atoms. The van der Waals surface area contributed by atoms with Gasteiger partial charge in [0.15, 0.2) is 0 Å². The molecule has 7 heteroatoms. The molecule has 1 saturated heterocycles. The quantitative estimate of drug-likeness (QED) is 0.881. The molecule has 114 valence electrons. The number of phenolic OH excluding ortho intramolecular Hbond substituents is 1. The topological polar surface area (TPSA) is 87.1 Å². The first-order chi connectivity index (χ1) is 9.99. The highest BCUT2D eigenvalue weighted by Crippen LogP contribution is 2.34. The van der Waals surface area contributed by atoms with E-state index in [9.17, 15) is 19.8 Å². The first-order valence-corrected chi connectivity index (χ1v) is 7.58. The molecule has 1 aliphatic heterocycles. The Bertz CT molecular complexity index is 562. The van der Waals surface area contributed by atoms with Crippen LogP contribution in [0.3, 0.4) is 0 Å². The number of aromatic hydroxyl groups is 1. The van der Waals surface area contributed by atoms with Crippen molar-refractivity contribution >= 4 is 23.6 Å². The molecular formula is C14H17NO5S. The molecule has 6 nitrogen and oxygen atoms in total. The predicted octanol–water partition coefficient (Wildman–Crippen LogP) is 1.78. The van der Waals surface area contributed by atoms with Crippen molar-refractivity contribution in [2.75, 3.05) is 12.9 Å². The molecule has 1 heterocycles. The number of carbonyl (C=O) groups excluding carboxylic acids is 1. The average Bonchev–Trinajstić information content (AvgIpc) is 2.91. The van der Waals surface area contributed by atoms with Crippen molar-refractivity contribution in [1.29, 1.82) is 0 Å². The number of amides is 1. The standard InChI is InChI=1S/C14H17NO5S/c1-3-12-15(10(7-21-12)14(18)19)13(17)9-6-8(20-2)4-5-11(9)16/h4-6,10,12,16H,3,7H2,1-2H3,(H,18,19). The van der Waals surface area contributed by atoms with Gasteiger partial charge in [-0.3, -0.25) is 4.79 Å². The summed E-state index contributed by atoms with van der Waals surface area (Å²) in [7, 11) is 1.46. The van der Waals surface area contributed by atoms with E-state index in [0.29, 0.717) is 17.9 Å². The number of aliphatic carboxylic acids is 1. The lowest BCUT2D eigenvalue weighted by molar-refractivity contribution is -0.141. The summed E-state index contributed by atoms with van der Waals surface area (Å²) in [6.45, 7) is 1.90. The summed E-state index contributed by atoms with van der Waals surface area (Å²) in [5, 5.41) is 19.0. The molecule has 0 saturated carbocycles. The summed E-state index contributed by atoms with van der Waals surface area (Å²) in [4.78, 5) is 25.3. The smallest absolute Gasteiger partial charge is 0.327 e. The van der Waals surface area contributed by atoms with Gasteiger partial charge in [0.2, 0.25) is 0 Å². The van der Waals surface area contributed by atoms with Gasteiger partial charge >= 0.3 is 5.97 Å². The summed E-state index contributed by atoms with van der Waals surface area (Å²) in [5.41, 5.74) is 0.0570. The van der Waals surface area contributed by atoms with Crippen LogP contribution in [-0.4, -0.2) is 51.3 Å². The van der Waals surface area contributed by atoms with Gasteiger partial charge in [-0.25, -0.2) is 4.79 Å². The third kappa shape index (κ3) is 2.92. The van der Waals surface area contributed by atoms with Crippen LogP contribution in [0.4, 0.5) is 0 Å². The van der Waals surface area contributed by atoms with Crippen molar-refractivity contribution in [2.24, 2.45) is 0 Å². The number of hydrogen-bond donors (Lipinski definition) is 2. The van der Waals surface area contributed by atoms with Gasteiger partial charge in [0.1, 0.15) is 17.5 Å². The predicted molar refractivity (Wildman–Crippen MR) is 78.8 cm³/mol. The van der Waals surface area contributed by atoms with E-state index >= 15 is 0 Å². The van der Waals surface area contributed by atoms with Gasteiger partial charge < -0.3 is 19.8 Å². The van der Waals surface area contributed by atoms with E-state index in [1.807, 2.05) is 6.92 Å². The maximum Gasteiger partial charge on any atom is 0.327 e. The Balaban J connectivity index is 2.38. The molecule has 1 aliphatic rings. The zero-order valence-electron chi connectivity index (χ0n) is 11.8. The average molecular weight is 311 g/mol. The van der Waals surface area contributed by atoms with Crippen LogP contribution in [0, 0.1) is 0 Å². The fourth-order valence-electron chi connectivity index (χ4n) is 2.29. The summed E-state index contributed by atoms with van der Waals surface area (Å²) in [6, 6.07) is 3.45. The van der Waals surface area contributed by atoms with E-state index in [4.69, 9.17) is 4.74 Å². The van der Waals surface area contributed by atoms with E-state index in [2.05, 4.69) is 0 Å². The normalized spacial score (nSPS) is 21.3. The Hall–Kier alpha value is -1.89. The van der Waals surface area contributed by atoms with E-state index in [1.165, 1.54) is 42.0 Å². The lowest BCUT2D eigenvalue weighted by atomic mass is 10.1. The van der Waals surface area contributed by atoms with E-state index in [-0.39, 0.29) is 16.7 Å². The largest absolute Gasteiger partial charge is 0.507 e. The minimum atomic E-state index is -1.03. The van der Waals surface area contributed by atoms with Gasteiger partial charge in [-0.1, -0.05) is 6.92 Å². The van der Waals surface area contributed by atoms with Crippen molar-refractivity contribution in [2.45, 2.75) is 24.8 Å². The number of nitrogens with zero attached hydrogens (tertiary/aromatic N) is 1. The third-order valence-corrected chi connectivity index (χ3v) is 4.85. The SMILES string of the molecule is CCC1SCC(C(=O)O)N1C(=O)c1cc(OC)ccc1O. The second-order valence-corrected chi connectivity index (χ2v) is 5.86. The summed E-state index contributed by atoms with van der Waals surface area (Å²) in [5.74, 6) is -0.922. The fourth-order valence-corrected chi connectivity index (χ4v) is 3.64. The third-order valence-electron chi connectivity index (χ3n) is 3.40. The molecule has 21 heavy (non-hydrogen) atoms. The fraction of sp³-hybridized carbons (Fsp3) is 0.429. The van der Waals surface area contributed by atoms with Crippen LogP contribution in [0.5, 0.6) is 11.5 Å². The Morgan fingerprint density at radius 3 is 2.76 bits per heavy atom. The maximum atomic E-state index is 12.7. The molecule has 1 amide bonds. The summed E-state index contributed by atoms with van der Waals surface area (Å²) < 4.78 is 5.05. The monoisotopic (exact) mass is 311 g/mol. The van der Waals surface area contributed by atoms with E-state index in [0.717, 1.165) is 0 Å². The molecule has 2 unspecified atom stereocenters. The molecule has 0 bridgehead atoms. The van der Waals surface area contributed by atoms with Gasteiger partial charge in [-0.2, -0.15) is 0 Å². The number of methoxy groups -OCH3 is 1. The lowest BCUT2D eigenvalue weighted by Gasteiger charge is -2.27. The van der Waals surface area contributed by atoms with Crippen molar-refractivity contribution in [3.63, 3.8) is 0 Å². The molecule has 0 aliphatic carbocycles. The van der Waals surface area contributed by atoms with Crippen molar-refractivity contribution in [1.82, 2.24) is 4.90 Å². The summed E-state index contributed by atoms with van der Waals surface area (Å²) >= 11 is 1.44. The Labute approximate surface area is 126 Å². The number of carboxylic acids is 1. The maximum absolute atomic E-state index is 12.7. The van der Waals surface area contributed by atoms with E-state index in [1.54, 1.807) is 0 Å². The molecule has 1 aromatic rings. The van der Waals surface area contributed by atoms with E-state index < -0.39 is 17.9 Å². The number of ether oxygens (including phenoxy) is 1. The molecule has 1 aromatic carbocycles. The van der Waals surface area contributed by atoms with Crippen LogP contribution in [0.15, 0.2) is 18.2 Å². The number of benzene rings is 1. The lowest BCUT2D eigenvalue weighted by Crippen LogP contribution is -2.45. The highest BCUT2D eigenvalue weighted by molar-refractivity contribution is 8.00. The Morgan fingerprint density at radius 1 is 1.48 bits per heavy atom. The second-order valence-electron chi connectivity index (χ2n) is 4.65. The van der Waals surface area contributed by atoms with Gasteiger partial charge in [0.25, 0.3) is 5.91 Å². The van der Waals surface area contributed by atoms with Crippen LogP contribution in [-0.2, 0) is 4.79 Å². The molecule has 0 radical (unpaired) electrons. The molecule has 2 atom stereocenters. The first kappa shape index (κ1) is 15.5. The van der Waals surface area contributed by atoms with Gasteiger partial charge in [-0.05, 0) is 24.6 Å². The number of carbonyl (C=O) groups is 2. The van der Waals surface area contributed by atoms with Crippen LogP contribution >= 0.6 is 11.8 Å². The van der Waals surface area contributed by atoms with Crippen molar-refractivity contribution in [3.05, 3.63) is 23.8 Å². The minimum Gasteiger partial charge on any atom is -0.507 e. The molecule has 1 fully saturated rings. The highest BCUT2D eigenvalue weighted by Gasteiger charge is 2.41. The number of thioether (sulfide) groups is 1. The number of carboxylic acid groups (broad SMARTS) is 1. The van der Waals surface area contributed by atoms with Crippen LogP contribution in [0.25, 0.3) is 0 Å². The number of phenols is 1. The number of hydrogen-bond acceptors (Lipinski definition) is 5. The van der Waals surface area contributed by atoms with Gasteiger partial charge in [0.05, 0.1) is 18.0 Å². The zero-order valence-corrected chi connectivity index (χ0v) is 12.6. The van der Waals surface area contributed by atoms with Crippen molar-refractivity contribution in [3.8, 4) is 11.5 Å². The zero-order chi connectivity index (χ0) is 15.6. The second kappa shape index (κ2) is 6.26.